The molecule has 1 atom stereocenters. The molecule has 1 amide bonds. The van der Waals surface area contributed by atoms with Gasteiger partial charge in [-0.15, -0.1) is 11.6 Å². The van der Waals surface area contributed by atoms with Gasteiger partial charge in [0.15, 0.2) is 5.65 Å². The number of nitrogens with zero attached hydrogens (tertiary/aromatic N) is 6. The molecule has 3 heterocycles. The molecule has 0 saturated carbocycles. The van der Waals surface area contributed by atoms with Gasteiger partial charge in [-0.1, -0.05) is 31.5 Å². The molecule has 2 aromatic heterocycles. The van der Waals surface area contributed by atoms with Crippen LogP contribution in [0.15, 0.2) is 30.3 Å². The summed E-state index contributed by atoms with van der Waals surface area (Å²) in [6.45, 7) is 8.82. The van der Waals surface area contributed by atoms with Gasteiger partial charge >= 0.3 is 0 Å². The Morgan fingerprint density at radius 2 is 1.91 bits per heavy atom. The van der Waals surface area contributed by atoms with Crippen molar-refractivity contribution in [2.24, 2.45) is 0 Å². The first-order chi connectivity index (χ1) is 15.5. The van der Waals surface area contributed by atoms with E-state index < -0.39 is 5.38 Å². The summed E-state index contributed by atoms with van der Waals surface area (Å²) in [5.74, 6) is 1.77. The summed E-state index contributed by atoms with van der Waals surface area (Å²) in [5, 5.41) is 5.32. The number of anilines is 1. The van der Waals surface area contributed by atoms with E-state index >= 15 is 0 Å². The minimum atomic E-state index is -0.501. The third kappa shape index (κ3) is 4.58. The van der Waals surface area contributed by atoms with Crippen molar-refractivity contribution in [3.05, 3.63) is 41.9 Å². The van der Waals surface area contributed by atoms with Crippen LogP contribution in [0.1, 0.15) is 44.6 Å². The highest BCUT2D eigenvalue weighted by atomic mass is 35.5. The monoisotopic (exact) mass is 454 g/mol. The Bertz CT molecular complexity index is 1080. The van der Waals surface area contributed by atoms with Crippen LogP contribution in [0.25, 0.3) is 16.7 Å². The second-order valence-corrected chi connectivity index (χ2v) is 9.03. The summed E-state index contributed by atoms with van der Waals surface area (Å²) in [6.07, 6.45) is 3.84. The standard InChI is InChI=1S/C24H31ClN6O/c1-4-5-12-20-26-22(29-13-9-14-30(16-15-29)24(32)17(2)25)21-18(3)28-31(23(21)27-20)19-10-7-6-8-11-19/h6-8,10-11,17H,4-5,9,12-16H2,1-3H3. The fourth-order valence-electron chi connectivity index (χ4n) is 4.23. The topological polar surface area (TPSA) is 67.2 Å². The minimum absolute atomic E-state index is 0.00179. The number of fused-ring (bicyclic) bond motifs is 1. The van der Waals surface area contributed by atoms with Crippen LogP contribution in [0, 0.1) is 6.92 Å². The van der Waals surface area contributed by atoms with Gasteiger partial charge in [-0.25, -0.2) is 14.6 Å². The normalized spacial score (nSPS) is 15.8. The van der Waals surface area contributed by atoms with E-state index in [4.69, 9.17) is 26.7 Å². The van der Waals surface area contributed by atoms with Gasteiger partial charge in [-0.05, 0) is 38.8 Å². The summed E-state index contributed by atoms with van der Waals surface area (Å²) in [7, 11) is 0. The molecule has 0 aliphatic carbocycles. The van der Waals surface area contributed by atoms with Gasteiger partial charge in [0.1, 0.15) is 17.0 Å². The van der Waals surface area contributed by atoms with E-state index in [9.17, 15) is 4.79 Å². The van der Waals surface area contributed by atoms with Crippen molar-refractivity contribution in [2.75, 3.05) is 31.1 Å². The number of benzene rings is 1. The molecule has 4 rings (SSSR count). The van der Waals surface area contributed by atoms with E-state index in [1.165, 1.54) is 0 Å². The summed E-state index contributed by atoms with van der Waals surface area (Å²) in [4.78, 5) is 26.5. The van der Waals surface area contributed by atoms with Crippen molar-refractivity contribution in [3.63, 3.8) is 0 Å². The average molecular weight is 455 g/mol. The molecule has 8 heteroatoms. The van der Waals surface area contributed by atoms with Crippen molar-refractivity contribution < 1.29 is 4.79 Å². The van der Waals surface area contributed by atoms with Crippen molar-refractivity contribution in [2.45, 2.75) is 51.8 Å². The van der Waals surface area contributed by atoms with E-state index in [1.54, 1.807) is 6.92 Å². The molecule has 1 saturated heterocycles. The summed E-state index contributed by atoms with van der Waals surface area (Å²) in [5.41, 5.74) is 2.74. The molecule has 170 valence electrons. The summed E-state index contributed by atoms with van der Waals surface area (Å²) in [6, 6.07) is 10.1. The van der Waals surface area contributed by atoms with Gasteiger partial charge in [0.05, 0.1) is 16.8 Å². The summed E-state index contributed by atoms with van der Waals surface area (Å²) >= 11 is 6.06. The maximum Gasteiger partial charge on any atom is 0.240 e. The zero-order valence-electron chi connectivity index (χ0n) is 19.1. The maximum atomic E-state index is 12.4. The molecule has 0 radical (unpaired) electrons. The fourth-order valence-corrected chi connectivity index (χ4v) is 4.37. The highest BCUT2D eigenvalue weighted by Gasteiger charge is 2.26. The lowest BCUT2D eigenvalue weighted by molar-refractivity contribution is -0.130. The first kappa shape index (κ1) is 22.5. The molecule has 1 unspecified atom stereocenters. The van der Waals surface area contributed by atoms with Gasteiger partial charge in [-0.2, -0.15) is 5.10 Å². The van der Waals surface area contributed by atoms with Crippen LogP contribution in [0.4, 0.5) is 5.82 Å². The predicted molar refractivity (Wildman–Crippen MR) is 129 cm³/mol. The van der Waals surface area contributed by atoms with Gasteiger partial charge in [-0.3, -0.25) is 4.79 Å². The summed E-state index contributed by atoms with van der Waals surface area (Å²) < 4.78 is 1.92. The Labute approximate surface area is 194 Å². The first-order valence-electron chi connectivity index (χ1n) is 11.5. The number of aryl methyl sites for hydroxylation is 2. The van der Waals surface area contributed by atoms with E-state index in [1.807, 2.05) is 46.8 Å². The molecule has 1 aliphatic heterocycles. The molecule has 7 nitrogen and oxygen atoms in total. The number of unbranched alkanes of at least 4 members (excludes halogenated alkanes) is 1. The Balaban J connectivity index is 1.76. The maximum absolute atomic E-state index is 12.4. The van der Waals surface area contributed by atoms with Gasteiger partial charge in [0.2, 0.25) is 5.91 Å². The largest absolute Gasteiger partial charge is 0.354 e. The molecule has 1 aliphatic rings. The van der Waals surface area contributed by atoms with Crippen LogP contribution in [-0.2, 0) is 11.2 Å². The third-order valence-electron chi connectivity index (χ3n) is 5.93. The minimum Gasteiger partial charge on any atom is -0.354 e. The second kappa shape index (κ2) is 9.86. The number of carbonyl (C=O) groups is 1. The number of hydrogen-bond donors (Lipinski definition) is 0. The zero-order chi connectivity index (χ0) is 22.7. The number of amides is 1. The number of aromatic nitrogens is 4. The number of alkyl halides is 1. The Kier molecular flexibility index (Phi) is 6.94. The Hall–Kier alpha value is -2.67. The highest BCUT2D eigenvalue weighted by Crippen LogP contribution is 2.30. The molecule has 1 aromatic carbocycles. The number of rotatable bonds is 6. The fraction of sp³-hybridized carbons (Fsp3) is 0.500. The van der Waals surface area contributed by atoms with Crippen molar-refractivity contribution in [1.82, 2.24) is 24.6 Å². The highest BCUT2D eigenvalue weighted by molar-refractivity contribution is 6.30. The van der Waals surface area contributed by atoms with Crippen LogP contribution in [-0.4, -0.2) is 62.1 Å². The lowest BCUT2D eigenvalue weighted by Gasteiger charge is -2.24. The number of halogens is 1. The molecule has 32 heavy (non-hydrogen) atoms. The van der Waals surface area contributed by atoms with Crippen LogP contribution < -0.4 is 4.90 Å². The molecule has 0 bridgehead atoms. The molecule has 3 aromatic rings. The Morgan fingerprint density at radius 1 is 1.12 bits per heavy atom. The van der Waals surface area contributed by atoms with E-state index in [0.717, 1.165) is 66.3 Å². The van der Waals surface area contributed by atoms with E-state index in [0.29, 0.717) is 19.6 Å². The molecular formula is C24H31ClN6O. The Morgan fingerprint density at radius 3 is 2.62 bits per heavy atom. The van der Waals surface area contributed by atoms with Crippen LogP contribution in [0.5, 0.6) is 0 Å². The second-order valence-electron chi connectivity index (χ2n) is 8.38. The van der Waals surface area contributed by atoms with Crippen molar-refractivity contribution >= 4 is 34.4 Å². The van der Waals surface area contributed by atoms with Crippen molar-refractivity contribution in [1.29, 1.82) is 0 Å². The van der Waals surface area contributed by atoms with Crippen LogP contribution in [0.2, 0.25) is 0 Å². The van der Waals surface area contributed by atoms with Crippen LogP contribution >= 0.6 is 11.6 Å². The molecule has 1 fully saturated rings. The van der Waals surface area contributed by atoms with E-state index in [-0.39, 0.29) is 5.91 Å². The first-order valence-corrected chi connectivity index (χ1v) is 11.9. The van der Waals surface area contributed by atoms with Gasteiger partial charge in [0, 0.05) is 32.6 Å². The van der Waals surface area contributed by atoms with Crippen molar-refractivity contribution in [3.8, 4) is 5.69 Å². The van der Waals surface area contributed by atoms with Crippen LogP contribution in [0.3, 0.4) is 0 Å². The average Bonchev–Trinajstić information content (AvgIpc) is 2.97. The third-order valence-corrected chi connectivity index (χ3v) is 6.12. The predicted octanol–water partition coefficient (Wildman–Crippen LogP) is 4.13. The smallest absolute Gasteiger partial charge is 0.240 e. The molecule has 0 N–H and O–H groups in total. The number of para-hydroxylation sites is 1. The SMILES string of the molecule is CCCCc1nc(N2CCCN(C(=O)C(C)Cl)CC2)c2c(C)nn(-c3ccccc3)c2n1. The lowest BCUT2D eigenvalue weighted by Crippen LogP contribution is -2.38. The molecule has 0 spiro atoms. The zero-order valence-corrected chi connectivity index (χ0v) is 19.8. The van der Waals surface area contributed by atoms with Gasteiger partial charge < -0.3 is 9.80 Å². The molecular weight excluding hydrogens is 424 g/mol. The number of hydrogen-bond acceptors (Lipinski definition) is 5. The quantitative estimate of drug-likeness (QED) is 0.524. The number of carbonyl (C=O) groups excluding carboxylic acids is 1. The lowest BCUT2D eigenvalue weighted by atomic mass is 10.2. The van der Waals surface area contributed by atoms with E-state index in [2.05, 4.69) is 11.8 Å². The van der Waals surface area contributed by atoms with Gasteiger partial charge in [0.25, 0.3) is 0 Å².